The van der Waals surface area contributed by atoms with E-state index < -0.39 is 21.5 Å². The highest BCUT2D eigenvalue weighted by molar-refractivity contribution is 7.89. The smallest absolute Gasteiger partial charge is 0.324 e. The van der Waals surface area contributed by atoms with Gasteiger partial charge in [0.25, 0.3) is 10.0 Å². The van der Waals surface area contributed by atoms with Gasteiger partial charge in [-0.15, -0.1) is 0 Å². The number of hydrogen-bond donors (Lipinski definition) is 2. The minimum absolute atomic E-state index is 0.121. The third-order valence-electron chi connectivity index (χ3n) is 3.77. The zero-order valence-electron chi connectivity index (χ0n) is 11.6. The standard InChI is InChI=1S/C12H19N3O4S/c1-3-15-8-10(13-9(15)2)20(18,19)14-12(11(16)17)6-4-5-7-12/h8,14H,3-7H2,1-2H3,(H,16,17). The molecule has 0 aliphatic heterocycles. The first-order chi connectivity index (χ1) is 9.31. The highest BCUT2D eigenvalue weighted by atomic mass is 32.2. The van der Waals surface area contributed by atoms with E-state index >= 15 is 0 Å². The van der Waals surface area contributed by atoms with Crippen LogP contribution < -0.4 is 4.72 Å². The predicted octanol–water partition coefficient (Wildman–Crippen LogP) is 0.887. The number of aliphatic carboxylic acids is 1. The fourth-order valence-corrected chi connectivity index (χ4v) is 4.01. The summed E-state index contributed by atoms with van der Waals surface area (Å²) in [6.07, 6.45) is 3.47. The van der Waals surface area contributed by atoms with Crippen molar-refractivity contribution in [3.05, 3.63) is 12.0 Å². The van der Waals surface area contributed by atoms with Crippen molar-refractivity contribution in [2.24, 2.45) is 0 Å². The van der Waals surface area contributed by atoms with Crippen LogP contribution in [0.15, 0.2) is 11.2 Å². The molecule has 2 rings (SSSR count). The van der Waals surface area contributed by atoms with Crippen molar-refractivity contribution in [2.75, 3.05) is 0 Å². The minimum atomic E-state index is -3.92. The fourth-order valence-electron chi connectivity index (χ4n) is 2.58. The Bertz CT molecular complexity index is 615. The number of rotatable bonds is 5. The van der Waals surface area contributed by atoms with Gasteiger partial charge in [0, 0.05) is 12.7 Å². The summed E-state index contributed by atoms with van der Waals surface area (Å²) in [5, 5.41) is 9.21. The predicted molar refractivity (Wildman–Crippen MR) is 71.8 cm³/mol. The second-order valence-corrected chi connectivity index (χ2v) is 6.74. The van der Waals surface area contributed by atoms with E-state index in [1.165, 1.54) is 6.20 Å². The number of hydrogen-bond acceptors (Lipinski definition) is 4. The maximum absolute atomic E-state index is 12.3. The lowest BCUT2D eigenvalue weighted by molar-refractivity contribution is -0.143. The third-order valence-corrected chi connectivity index (χ3v) is 5.17. The van der Waals surface area contributed by atoms with Crippen LogP contribution in [0.25, 0.3) is 0 Å². The zero-order valence-corrected chi connectivity index (χ0v) is 12.4. The van der Waals surface area contributed by atoms with Crippen molar-refractivity contribution in [3.8, 4) is 0 Å². The maximum atomic E-state index is 12.3. The second-order valence-electron chi connectivity index (χ2n) is 5.11. The van der Waals surface area contributed by atoms with Gasteiger partial charge in [0.2, 0.25) is 0 Å². The van der Waals surface area contributed by atoms with Gasteiger partial charge in [0.05, 0.1) is 0 Å². The summed E-state index contributed by atoms with van der Waals surface area (Å²) >= 11 is 0. The molecule has 1 heterocycles. The summed E-state index contributed by atoms with van der Waals surface area (Å²) < 4.78 is 28.7. The van der Waals surface area contributed by atoms with Crippen molar-refractivity contribution >= 4 is 16.0 Å². The Morgan fingerprint density at radius 3 is 2.55 bits per heavy atom. The van der Waals surface area contributed by atoms with Gasteiger partial charge >= 0.3 is 5.97 Å². The van der Waals surface area contributed by atoms with Crippen molar-refractivity contribution in [1.29, 1.82) is 0 Å². The number of aromatic nitrogens is 2. The molecule has 1 aliphatic carbocycles. The van der Waals surface area contributed by atoms with Crippen LogP contribution in [0.2, 0.25) is 0 Å². The summed E-state index contributed by atoms with van der Waals surface area (Å²) in [6.45, 7) is 4.21. The number of nitrogens with zero attached hydrogens (tertiary/aromatic N) is 2. The molecule has 112 valence electrons. The second kappa shape index (κ2) is 5.17. The van der Waals surface area contributed by atoms with E-state index in [1.54, 1.807) is 11.5 Å². The molecule has 20 heavy (non-hydrogen) atoms. The lowest BCUT2D eigenvalue weighted by Crippen LogP contribution is -2.52. The van der Waals surface area contributed by atoms with Crippen LogP contribution >= 0.6 is 0 Å². The summed E-state index contributed by atoms with van der Waals surface area (Å²) in [6, 6.07) is 0. The van der Waals surface area contributed by atoms with E-state index in [4.69, 9.17) is 0 Å². The number of carboxylic acid groups (broad SMARTS) is 1. The van der Waals surface area contributed by atoms with E-state index in [0.29, 0.717) is 38.1 Å². The molecule has 0 bridgehead atoms. The molecule has 0 radical (unpaired) electrons. The number of imidazole rings is 1. The van der Waals surface area contributed by atoms with E-state index in [9.17, 15) is 18.3 Å². The highest BCUT2D eigenvalue weighted by Gasteiger charge is 2.45. The lowest BCUT2D eigenvalue weighted by atomic mass is 10.0. The average molecular weight is 301 g/mol. The Labute approximate surface area is 118 Å². The Morgan fingerprint density at radius 1 is 1.50 bits per heavy atom. The van der Waals surface area contributed by atoms with Gasteiger partial charge in [-0.3, -0.25) is 4.79 Å². The summed E-state index contributed by atoms with van der Waals surface area (Å²) in [7, 11) is -3.92. The van der Waals surface area contributed by atoms with Gasteiger partial charge in [-0.25, -0.2) is 13.4 Å². The van der Waals surface area contributed by atoms with Crippen molar-refractivity contribution in [1.82, 2.24) is 14.3 Å². The molecule has 0 aromatic carbocycles. The van der Waals surface area contributed by atoms with Crippen LogP contribution in [0.1, 0.15) is 38.4 Å². The molecule has 1 aromatic heterocycles. The SMILES string of the molecule is CCn1cc(S(=O)(=O)NC2(C(=O)O)CCCC2)nc1C. The molecule has 0 amide bonds. The first kappa shape index (κ1) is 15.0. The van der Waals surface area contributed by atoms with Crippen LogP contribution in [-0.2, 0) is 21.4 Å². The summed E-state index contributed by atoms with van der Waals surface area (Å²) in [4.78, 5) is 15.4. The molecule has 1 saturated carbocycles. The van der Waals surface area contributed by atoms with Crippen molar-refractivity contribution < 1.29 is 18.3 Å². The normalized spacial score (nSPS) is 18.3. The fraction of sp³-hybridized carbons (Fsp3) is 0.667. The van der Waals surface area contributed by atoms with E-state index in [0.717, 1.165) is 0 Å². The third kappa shape index (κ3) is 2.57. The Balaban J connectivity index is 2.32. The molecule has 1 aromatic rings. The maximum Gasteiger partial charge on any atom is 0.324 e. The monoisotopic (exact) mass is 301 g/mol. The molecule has 7 nitrogen and oxygen atoms in total. The molecule has 2 N–H and O–H groups in total. The molecule has 1 aliphatic rings. The largest absolute Gasteiger partial charge is 0.480 e. The number of aryl methyl sites for hydroxylation is 2. The van der Waals surface area contributed by atoms with Crippen molar-refractivity contribution in [3.63, 3.8) is 0 Å². The van der Waals surface area contributed by atoms with Crippen LogP contribution in [0.3, 0.4) is 0 Å². The van der Waals surface area contributed by atoms with Crippen LogP contribution in [-0.4, -0.2) is 34.6 Å². The lowest BCUT2D eigenvalue weighted by Gasteiger charge is -2.24. The first-order valence-corrected chi connectivity index (χ1v) is 8.10. The highest BCUT2D eigenvalue weighted by Crippen LogP contribution is 2.31. The van der Waals surface area contributed by atoms with E-state index in [1.807, 2.05) is 6.92 Å². The Hall–Kier alpha value is -1.41. The summed E-state index contributed by atoms with van der Waals surface area (Å²) in [5.41, 5.74) is -1.39. The van der Waals surface area contributed by atoms with E-state index in [-0.39, 0.29) is 5.03 Å². The molecule has 0 unspecified atom stereocenters. The van der Waals surface area contributed by atoms with Gasteiger partial charge in [0.15, 0.2) is 5.03 Å². The Morgan fingerprint density at radius 2 is 2.10 bits per heavy atom. The molecule has 8 heteroatoms. The molecule has 1 fully saturated rings. The summed E-state index contributed by atoms with van der Waals surface area (Å²) in [5.74, 6) is -0.533. The van der Waals surface area contributed by atoms with Gasteiger partial charge < -0.3 is 9.67 Å². The minimum Gasteiger partial charge on any atom is -0.480 e. The van der Waals surface area contributed by atoms with Gasteiger partial charge in [-0.05, 0) is 26.7 Å². The molecular formula is C12H19N3O4S. The number of carbonyl (C=O) groups is 1. The van der Waals surface area contributed by atoms with Gasteiger partial charge in [0.1, 0.15) is 11.4 Å². The van der Waals surface area contributed by atoms with Crippen LogP contribution in [0.4, 0.5) is 0 Å². The molecular weight excluding hydrogens is 282 g/mol. The topological polar surface area (TPSA) is 101 Å². The quantitative estimate of drug-likeness (QED) is 0.841. The van der Waals surface area contributed by atoms with Crippen LogP contribution in [0.5, 0.6) is 0 Å². The number of carboxylic acids is 1. The molecule has 0 atom stereocenters. The van der Waals surface area contributed by atoms with Crippen molar-refractivity contribution in [2.45, 2.75) is 56.6 Å². The van der Waals surface area contributed by atoms with Gasteiger partial charge in [-0.2, -0.15) is 4.72 Å². The van der Waals surface area contributed by atoms with E-state index in [2.05, 4.69) is 9.71 Å². The zero-order chi connectivity index (χ0) is 15.0. The molecule has 0 saturated heterocycles. The first-order valence-electron chi connectivity index (χ1n) is 6.62. The number of sulfonamides is 1. The van der Waals surface area contributed by atoms with Gasteiger partial charge in [-0.1, -0.05) is 12.8 Å². The van der Waals surface area contributed by atoms with Crippen LogP contribution in [0, 0.1) is 6.92 Å². The number of nitrogens with one attached hydrogen (secondary N) is 1. The average Bonchev–Trinajstić information content (AvgIpc) is 2.96. The Kier molecular flexibility index (Phi) is 3.88. The molecule has 0 spiro atoms.